The van der Waals surface area contributed by atoms with Gasteiger partial charge in [-0.05, 0) is 56.2 Å². The average molecular weight is 422 g/mol. The molecule has 0 unspecified atom stereocenters. The first-order valence-corrected chi connectivity index (χ1v) is 12.4. The Kier molecular flexibility index (Phi) is 7.35. The fraction of sp³-hybridized carbons (Fsp3) is 0.682. The van der Waals surface area contributed by atoms with Gasteiger partial charge in [0.1, 0.15) is 0 Å². The SMILES string of the molecule is CC[C@H](C)c1ccc(S(=O)(=O)N2CCN(CC(=O)N3CCCC[C@@H]3C)CC2)cc1. The summed E-state index contributed by atoms with van der Waals surface area (Å²) in [7, 11) is -3.48. The van der Waals surface area contributed by atoms with Gasteiger partial charge in [0.25, 0.3) is 0 Å². The standard InChI is InChI=1S/C22H35N3O3S/c1-4-18(2)20-8-10-21(11-9-20)29(27,28)24-15-13-23(14-16-24)17-22(26)25-12-6-5-7-19(25)3/h8-11,18-19H,4-7,12-17H2,1-3H3/t18-,19-/m0/s1. The number of likely N-dealkylation sites (tertiary alicyclic amines) is 1. The first-order chi connectivity index (χ1) is 13.8. The van der Waals surface area contributed by atoms with Crippen LogP contribution in [0.2, 0.25) is 0 Å². The van der Waals surface area contributed by atoms with Crippen molar-refractivity contribution < 1.29 is 13.2 Å². The Hall–Kier alpha value is -1.44. The molecule has 7 heteroatoms. The molecule has 2 aliphatic rings. The number of rotatable bonds is 6. The van der Waals surface area contributed by atoms with Gasteiger partial charge in [0.15, 0.2) is 0 Å². The lowest BCUT2D eigenvalue weighted by Crippen LogP contribution is -2.53. The van der Waals surface area contributed by atoms with E-state index in [1.165, 1.54) is 12.0 Å². The minimum Gasteiger partial charge on any atom is -0.339 e. The zero-order chi connectivity index (χ0) is 21.0. The molecular weight excluding hydrogens is 386 g/mol. The van der Waals surface area contributed by atoms with E-state index in [0.29, 0.717) is 49.6 Å². The third kappa shape index (κ3) is 5.19. The molecule has 3 rings (SSSR count). The van der Waals surface area contributed by atoms with Gasteiger partial charge in [0, 0.05) is 38.8 Å². The molecule has 1 aromatic carbocycles. The summed E-state index contributed by atoms with van der Waals surface area (Å²) in [6.07, 6.45) is 4.38. The van der Waals surface area contributed by atoms with Crippen LogP contribution in [0, 0.1) is 0 Å². The third-order valence-electron chi connectivity index (χ3n) is 6.51. The number of sulfonamides is 1. The van der Waals surface area contributed by atoms with Gasteiger partial charge in [-0.1, -0.05) is 26.0 Å². The van der Waals surface area contributed by atoms with Crippen LogP contribution in [0.25, 0.3) is 0 Å². The summed E-state index contributed by atoms with van der Waals surface area (Å²) in [5, 5.41) is 0. The van der Waals surface area contributed by atoms with Crippen molar-refractivity contribution in [3.63, 3.8) is 0 Å². The molecule has 1 amide bonds. The molecule has 2 atom stereocenters. The van der Waals surface area contributed by atoms with E-state index >= 15 is 0 Å². The maximum atomic E-state index is 13.0. The van der Waals surface area contributed by atoms with Crippen molar-refractivity contribution >= 4 is 15.9 Å². The molecule has 2 fully saturated rings. The Morgan fingerprint density at radius 1 is 1.07 bits per heavy atom. The molecule has 0 saturated carbocycles. The highest BCUT2D eigenvalue weighted by Gasteiger charge is 2.31. The summed E-state index contributed by atoms with van der Waals surface area (Å²) in [5.41, 5.74) is 1.17. The van der Waals surface area contributed by atoms with E-state index in [1.807, 2.05) is 17.0 Å². The van der Waals surface area contributed by atoms with Crippen molar-refractivity contribution in [2.24, 2.45) is 0 Å². The molecule has 1 aromatic rings. The molecule has 0 aliphatic carbocycles. The first-order valence-electron chi connectivity index (χ1n) is 10.9. The van der Waals surface area contributed by atoms with Crippen LogP contribution in [0.5, 0.6) is 0 Å². The zero-order valence-corrected chi connectivity index (χ0v) is 18.8. The highest BCUT2D eigenvalue weighted by molar-refractivity contribution is 7.89. The zero-order valence-electron chi connectivity index (χ0n) is 18.0. The summed E-state index contributed by atoms with van der Waals surface area (Å²) in [6.45, 7) is 9.68. The van der Waals surface area contributed by atoms with Crippen LogP contribution in [0.3, 0.4) is 0 Å². The minimum atomic E-state index is -3.48. The lowest BCUT2D eigenvalue weighted by molar-refractivity contribution is -0.135. The predicted octanol–water partition coefficient (Wildman–Crippen LogP) is 2.91. The summed E-state index contributed by atoms with van der Waals surface area (Å²) in [4.78, 5) is 17.1. The molecule has 2 saturated heterocycles. The maximum Gasteiger partial charge on any atom is 0.243 e. The second-order valence-corrected chi connectivity index (χ2v) is 10.4. The molecule has 2 aliphatic heterocycles. The van der Waals surface area contributed by atoms with Crippen LogP contribution >= 0.6 is 0 Å². The summed E-state index contributed by atoms with van der Waals surface area (Å²) in [6, 6.07) is 7.62. The smallest absolute Gasteiger partial charge is 0.243 e. The normalized spacial score (nSPS) is 23.1. The first kappa shape index (κ1) is 22.2. The Morgan fingerprint density at radius 3 is 2.31 bits per heavy atom. The molecule has 0 radical (unpaired) electrons. The van der Waals surface area contributed by atoms with E-state index in [9.17, 15) is 13.2 Å². The second kappa shape index (κ2) is 9.58. The van der Waals surface area contributed by atoms with E-state index in [4.69, 9.17) is 0 Å². The number of hydrogen-bond acceptors (Lipinski definition) is 4. The van der Waals surface area contributed by atoms with Gasteiger partial charge >= 0.3 is 0 Å². The molecule has 0 aromatic heterocycles. The molecule has 0 N–H and O–H groups in total. The monoisotopic (exact) mass is 421 g/mol. The number of piperazine rings is 1. The number of benzene rings is 1. The number of piperidine rings is 1. The molecule has 162 valence electrons. The molecule has 0 spiro atoms. The molecule has 6 nitrogen and oxygen atoms in total. The number of carbonyl (C=O) groups excluding carboxylic acids is 1. The van der Waals surface area contributed by atoms with E-state index in [2.05, 4.69) is 25.7 Å². The van der Waals surface area contributed by atoms with E-state index < -0.39 is 10.0 Å². The summed E-state index contributed by atoms with van der Waals surface area (Å²) in [5.74, 6) is 0.601. The van der Waals surface area contributed by atoms with E-state index in [-0.39, 0.29) is 5.91 Å². The Morgan fingerprint density at radius 2 is 1.72 bits per heavy atom. The molecule has 29 heavy (non-hydrogen) atoms. The second-order valence-electron chi connectivity index (χ2n) is 8.49. The molecule has 0 bridgehead atoms. The average Bonchev–Trinajstić information content (AvgIpc) is 2.74. The van der Waals surface area contributed by atoms with E-state index in [0.717, 1.165) is 25.8 Å². The highest BCUT2D eigenvalue weighted by atomic mass is 32.2. The largest absolute Gasteiger partial charge is 0.339 e. The van der Waals surface area contributed by atoms with Crippen LogP contribution in [-0.2, 0) is 14.8 Å². The minimum absolute atomic E-state index is 0.175. The van der Waals surface area contributed by atoms with Crippen molar-refractivity contribution in [1.82, 2.24) is 14.1 Å². The fourth-order valence-electron chi connectivity index (χ4n) is 4.23. The van der Waals surface area contributed by atoms with Gasteiger partial charge in [-0.15, -0.1) is 0 Å². The van der Waals surface area contributed by atoms with Crippen LogP contribution in [0.15, 0.2) is 29.2 Å². The van der Waals surface area contributed by atoms with Gasteiger partial charge in [0.2, 0.25) is 15.9 Å². The van der Waals surface area contributed by atoms with Crippen LogP contribution in [0.1, 0.15) is 57.9 Å². The maximum absolute atomic E-state index is 13.0. The number of amides is 1. The summed E-state index contributed by atoms with van der Waals surface area (Å²) < 4.78 is 27.5. The topological polar surface area (TPSA) is 60.9 Å². The third-order valence-corrected chi connectivity index (χ3v) is 8.43. The molecular formula is C22H35N3O3S. The summed E-state index contributed by atoms with van der Waals surface area (Å²) >= 11 is 0. The Labute approximate surface area is 175 Å². The van der Waals surface area contributed by atoms with Gasteiger partial charge in [0.05, 0.1) is 11.4 Å². The van der Waals surface area contributed by atoms with Gasteiger partial charge < -0.3 is 4.90 Å². The number of nitrogens with zero attached hydrogens (tertiary/aromatic N) is 3. The van der Waals surface area contributed by atoms with Crippen molar-refractivity contribution in [2.45, 2.75) is 63.3 Å². The van der Waals surface area contributed by atoms with Crippen LogP contribution < -0.4 is 0 Å². The fourth-order valence-corrected chi connectivity index (χ4v) is 5.65. The number of carbonyl (C=O) groups is 1. The quantitative estimate of drug-likeness (QED) is 0.709. The van der Waals surface area contributed by atoms with Crippen molar-refractivity contribution in [2.75, 3.05) is 39.3 Å². The lowest BCUT2D eigenvalue weighted by Gasteiger charge is -2.37. The van der Waals surface area contributed by atoms with Crippen LogP contribution in [-0.4, -0.2) is 73.7 Å². The van der Waals surface area contributed by atoms with Crippen molar-refractivity contribution in [3.8, 4) is 0 Å². The lowest BCUT2D eigenvalue weighted by atomic mass is 9.99. The van der Waals surface area contributed by atoms with Crippen LogP contribution in [0.4, 0.5) is 0 Å². The van der Waals surface area contributed by atoms with Crippen molar-refractivity contribution in [3.05, 3.63) is 29.8 Å². The van der Waals surface area contributed by atoms with E-state index in [1.54, 1.807) is 16.4 Å². The Bertz CT molecular complexity index is 786. The van der Waals surface area contributed by atoms with Gasteiger partial charge in [-0.25, -0.2) is 8.42 Å². The van der Waals surface area contributed by atoms with Gasteiger partial charge in [-0.3, -0.25) is 9.69 Å². The van der Waals surface area contributed by atoms with Crippen molar-refractivity contribution in [1.29, 1.82) is 0 Å². The molecule has 2 heterocycles. The van der Waals surface area contributed by atoms with Gasteiger partial charge in [-0.2, -0.15) is 4.31 Å². The predicted molar refractivity (Wildman–Crippen MR) is 115 cm³/mol. The Balaban J connectivity index is 1.56. The highest BCUT2D eigenvalue weighted by Crippen LogP contribution is 2.23. The number of hydrogen-bond donors (Lipinski definition) is 0.